The number of benzene rings is 2. The van der Waals surface area contributed by atoms with E-state index in [1.807, 2.05) is 6.07 Å². The lowest BCUT2D eigenvalue weighted by Gasteiger charge is -2.21. The van der Waals surface area contributed by atoms with Gasteiger partial charge in [0.15, 0.2) is 0 Å². The van der Waals surface area contributed by atoms with Crippen molar-refractivity contribution in [2.75, 3.05) is 11.4 Å². The summed E-state index contributed by atoms with van der Waals surface area (Å²) in [4.78, 5) is 24.8. The summed E-state index contributed by atoms with van der Waals surface area (Å²) in [6.07, 6.45) is 0. The van der Waals surface area contributed by atoms with Crippen molar-refractivity contribution >= 4 is 17.6 Å². The van der Waals surface area contributed by atoms with Crippen LogP contribution in [0.25, 0.3) is 0 Å². The summed E-state index contributed by atoms with van der Waals surface area (Å²) in [5.74, 6) is -1.42. The van der Waals surface area contributed by atoms with E-state index in [9.17, 15) is 9.59 Å². The molecule has 0 aliphatic heterocycles. The van der Waals surface area contributed by atoms with Crippen LogP contribution in [-0.2, 0) is 11.3 Å². The SMILES string of the molecule is NCc1ccc(C(=O)N(CC(=O)O)c2ccccc2)cc1. The Morgan fingerprint density at radius 2 is 1.62 bits per heavy atom. The molecule has 1 amide bonds. The number of para-hydroxylation sites is 1. The summed E-state index contributed by atoms with van der Waals surface area (Å²) in [5, 5.41) is 9.01. The van der Waals surface area contributed by atoms with Gasteiger partial charge in [0.2, 0.25) is 0 Å². The number of nitrogens with zero attached hydrogens (tertiary/aromatic N) is 1. The van der Waals surface area contributed by atoms with E-state index in [2.05, 4.69) is 0 Å². The summed E-state index contributed by atoms with van der Waals surface area (Å²) in [7, 11) is 0. The molecule has 0 spiro atoms. The van der Waals surface area contributed by atoms with Gasteiger partial charge in [-0.05, 0) is 29.8 Å². The fraction of sp³-hybridized carbons (Fsp3) is 0.125. The lowest BCUT2D eigenvalue weighted by molar-refractivity contribution is -0.135. The predicted octanol–water partition coefficient (Wildman–Crippen LogP) is 1.88. The van der Waals surface area contributed by atoms with E-state index < -0.39 is 5.97 Å². The fourth-order valence-electron chi connectivity index (χ4n) is 1.96. The molecule has 0 aliphatic carbocycles. The second-order valence-electron chi connectivity index (χ2n) is 4.52. The van der Waals surface area contributed by atoms with Crippen molar-refractivity contribution < 1.29 is 14.7 Å². The molecule has 21 heavy (non-hydrogen) atoms. The molecule has 2 aromatic rings. The number of carboxylic acids is 1. The first kappa shape index (κ1) is 14.7. The predicted molar refractivity (Wildman–Crippen MR) is 80.1 cm³/mol. The smallest absolute Gasteiger partial charge is 0.323 e. The summed E-state index contributed by atoms with van der Waals surface area (Å²) in [6.45, 7) is 0.00742. The number of carbonyl (C=O) groups excluding carboxylic acids is 1. The van der Waals surface area contributed by atoms with Crippen LogP contribution in [0.4, 0.5) is 5.69 Å². The van der Waals surface area contributed by atoms with E-state index in [1.54, 1.807) is 48.5 Å². The quantitative estimate of drug-likeness (QED) is 0.878. The van der Waals surface area contributed by atoms with Crippen molar-refractivity contribution in [3.05, 3.63) is 65.7 Å². The third-order valence-electron chi connectivity index (χ3n) is 3.04. The van der Waals surface area contributed by atoms with E-state index in [4.69, 9.17) is 10.8 Å². The molecule has 5 heteroatoms. The number of carbonyl (C=O) groups is 2. The third kappa shape index (κ3) is 3.67. The Labute approximate surface area is 122 Å². The van der Waals surface area contributed by atoms with Crippen molar-refractivity contribution in [3.63, 3.8) is 0 Å². The molecule has 0 fully saturated rings. The molecule has 0 saturated carbocycles. The summed E-state index contributed by atoms with van der Waals surface area (Å²) in [5.41, 5.74) is 7.41. The first-order valence-corrected chi connectivity index (χ1v) is 6.49. The molecule has 3 N–H and O–H groups in total. The van der Waals surface area contributed by atoms with E-state index in [0.717, 1.165) is 5.56 Å². The van der Waals surface area contributed by atoms with E-state index in [1.165, 1.54) is 4.90 Å². The molecule has 0 aromatic heterocycles. The van der Waals surface area contributed by atoms with Gasteiger partial charge in [0.05, 0.1) is 0 Å². The van der Waals surface area contributed by atoms with Gasteiger partial charge in [0, 0.05) is 17.8 Å². The minimum Gasteiger partial charge on any atom is -0.480 e. The average molecular weight is 284 g/mol. The van der Waals surface area contributed by atoms with Crippen LogP contribution in [0.15, 0.2) is 54.6 Å². The molecule has 0 heterocycles. The molecule has 0 unspecified atom stereocenters. The molecule has 0 saturated heterocycles. The number of hydrogen-bond acceptors (Lipinski definition) is 3. The summed E-state index contributed by atoms with van der Waals surface area (Å²) < 4.78 is 0. The standard InChI is InChI=1S/C16H16N2O3/c17-10-12-6-8-13(9-7-12)16(21)18(11-15(19)20)14-4-2-1-3-5-14/h1-9H,10-11,17H2,(H,19,20). The molecular formula is C16H16N2O3. The van der Waals surface area contributed by atoms with Gasteiger partial charge in [-0.25, -0.2) is 0 Å². The topological polar surface area (TPSA) is 83.6 Å². The van der Waals surface area contributed by atoms with Gasteiger partial charge in [-0.1, -0.05) is 30.3 Å². The van der Waals surface area contributed by atoms with Gasteiger partial charge < -0.3 is 10.8 Å². The largest absolute Gasteiger partial charge is 0.480 e. The average Bonchev–Trinajstić information content (AvgIpc) is 2.53. The number of rotatable bonds is 5. The van der Waals surface area contributed by atoms with Crippen LogP contribution in [0.3, 0.4) is 0 Å². The Balaban J connectivity index is 2.31. The lowest BCUT2D eigenvalue weighted by Crippen LogP contribution is -2.35. The van der Waals surface area contributed by atoms with Crippen molar-refractivity contribution in [2.45, 2.75) is 6.54 Å². The highest BCUT2D eigenvalue weighted by Crippen LogP contribution is 2.17. The van der Waals surface area contributed by atoms with Crippen molar-refractivity contribution in [1.29, 1.82) is 0 Å². The number of hydrogen-bond donors (Lipinski definition) is 2. The van der Waals surface area contributed by atoms with Crippen LogP contribution < -0.4 is 10.6 Å². The second-order valence-corrected chi connectivity index (χ2v) is 4.52. The third-order valence-corrected chi connectivity index (χ3v) is 3.04. The highest BCUT2D eigenvalue weighted by Gasteiger charge is 2.20. The van der Waals surface area contributed by atoms with Gasteiger partial charge in [-0.2, -0.15) is 0 Å². The van der Waals surface area contributed by atoms with Gasteiger partial charge in [0.1, 0.15) is 6.54 Å². The molecule has 0 atom stereocenters. The molecule has 2 rings (SSSR count). The molecule has 0 radical (unpaired) electrons. The Morgan fingerprint density at radius 3 is 2.14 bits per heavy atom. The zero-order valence-electron chi connectivity index (χ0n) is 11.4. The van der Waals surface area contributed by atoms with Crippen LogP contribution in [0.1, 0.15) is 15.9 Å². The van der Waals surface area contributed by atoms with E-state index in [-0.39, 0.29) is 12.5 Å². The van der Waals surface area contributed by atoms with Crippen LogP contribution in [0.5, 0.6) is 0 Å². The van der Waals surface area contributed by atoms with Gasteiger partial charge in [-0.3, -0.25) is 14.5 Å². The molecule has 2 aromatic carbocycles. The number of aliphatic carboxylic acids is 1. The number of carboxylic acid groups (broad SMARTS) is 1. The highest BCUT2D eigenvalue weighted by atomic mass is 16.4. The molecule has 0 bridgehead atoms. The molecule has 5 nitrogen and oxygen atoms in total. The lowest BCUT2D eigenvalue weighted by atomic mass is 10.1. The Bertz CT molecular complexity index is 624. The maximum Gasteiger partial charge on any atom is 0.323 e. The minimum atomic E-state index is -1.06. The summed E-state index contributed by atoms with van der Waals surface area (Å²) in [6, 6.07) is 15.6. The number of anilines is 1. The Kier molecular flexibility index (Phi) is 4.68. The Hall–Kier alpha value is -2.66. The van der Waals surface area contributed by atoms with Crippen molar-refractivity contribution in [3.8, 4) is 0 Å². The first-order valence-electron chi connectivity index (χ1n) is 6.49. The van der Waals surface area contributed by atoms with Gasteiger partial charge >= 0.3 is 5.97 Å². The molecular weight excluding hydrogens is 268 g/mol. The van der Waals surface area contributed by atoms with Gasteiger partial charge in [-0.15, -0.1) is 0 Å². The van der Waals surface area contributed by atoms with Crippen LogP contribution in [0.2, 0.25) is 0 Å². The molecule has 108 valence electrons. The summed E-state index contributed by atoms with van der Waals surface area (Å²) >= 11 is 0. The fourth-order valence-corrected chi connectivity index (χ4v) is 1.96. The number of nitrogens with two attached hydrogens (primary N) is 1. The van der Waals surface area contributed by atoms with Crippen LogP contribution >= 0.6 is 0 Å². The number of amides is 1. The van der Waals surface area contributed by atoms with Gasteiger partial charge in [0.25, 0.3) is 5.91 Å². The molecule has 0 aliphatic rings. The normalized spacial score (nSPS) is 10.1. The highest BCUT2D eigenvalue weighted by molar-refractivity contribution is 6.08. The van der Waals surface area contributed by atoms with E-state index >= 15 is 0 Å². The zero-order chi connectivity index (χ0) is 15.2. The minimum absolute atomic E-state index is 0.354. The zero-order valence-corrected chi connectivity index (χ0v) is 11.4. The second kappa shape index (κ2) is 6.67. The van der Waals surface area contributed by atoms with Crippen LogP contribution in [-0.4, -0.2) is 23.5 Å². The maximum absolute atomic E-state index is 12.5. The van der Waals surface area contributed by atoms with E-state index in [0.29, 0.717) is 17.8 Å². The maximum atomic E-state index is 12.5. The first-order chi connectivity index (χ1) is 10.1. The monoisotopic (exact) mass is 284 g/mol. The Morgan fingerprint density at radius 1 is 1.00 bits per heavy atom. The van der Waals surface area contributed by atoms with Crippen LogP contribution in [0, 0.1) is 0 Å². The van der Waals surface area contributed by atoms with Crippen molar-refractivity contribution in [2.24, 2.45) is 5.73 Å². The van der Waals surface area contributed by atoms with Crippen molar-refractivity contribution in [1.82, 2.24) is 0 Å².